The summed E-state index contributed by atoms with van der Waals surface area (Å²) in [4.78, 5) is 65.4. The predicted molar refractivity (Wildman–Crippen MR) is 287 cm³/mol. The Morgan fingerprint density at radius 2 is 1.37 bits per heavy atom. The lowest BCUT2D eigenvalue weighted by molar-refractivity contribution is -0.123. The second kappa shape index (κ2) is 25.0. The molecule has 2 aliphatic heterocycles. The summed E-state index contributed by atoms with van der Waals surface area (Å²) >= 11 is 0. The van der Waals surface area contributed by atoms with Crippen LogP contribution in [0.2, 0.25) is 0 Å². The highest BCUT2D eigenvalue weighted by atomic mass is 19.2. The van der Waals surface area contributed by atoms with Gasteiger partial charge in [-0.05, 0) is 164 Å². The van der Waals surface area contributed by atoms with E-state index >= 15 is 0 Å². The molecule has 5 heterocycles. The Kier molecular flexibility index (Phi) is 17.9. The number of aromatic nitrogens is 5. The number of allylic oxidation sites excluding steroid dienone is 2. The van der Waals surface area contributed by atoms with Crippen LogP contribution in [0.5, 0.6) is 5.75 Å². The number of anilines is 1. The Bertz CT molecular complexity index is 2950. The van der Waals surface area contributed by atoms with E-state index in [2.05, 4.69) is 76.9 Å². The number of nitrogens with zero attached hydrogens (tertiary/aromatic N) is 7. The molecule has 6 aromatic rings. The molecule has 73 heavy (non-hydrogen) atoms. The van der Waals surface area contributed by atoms with Crippen molar-refractivity contribution in [1.29, 1.82) is 0 Å². The highest BCUT2D eigenvalue weighted by molar-refractivity contribution is 6.41. The van der Waals surface area contributed by atoms with Gasteiger partial charge in [0.2, 0.25) is 11.8 Å². The zero-order valence-corrected chi connectivity index (χ0v) is 42.4. The lowest BCUT2D eigenvalue weighted by atomic mass is 10.1. The van der Waals surface area contributed by atoms with Crippen molar-refractivity contribution in [2.24, 2.45) is 4.99 Å². The summed E-state index contributed by atoms with van der Waals surface area (Å²) in [5.74, 6) is 1.90. The number of piperazine rings is 1. The third kappa shape index (κ3) is 14.5. The number of hydrogen-bond acceptors (Lipinski definition) is 10. The highest BCUT2D eigenvalue weighted by Crippen LogP contribution is 2.29. The van der Waals surface area contributed by atoms with Crippen molar-refractivity contribution < 1.29 is 27.8 Å². The van der Waals surface area contributed by atoms with Crippen LogP contribution in [0, 0.1) is 13.8 Å². The van der Waals surface area contributed by atoms with Crippen LogP contribution in [0.1, 0.15) is 68.3 Å². The fourth-order valence-corrected chi connectivity index (χ4v) is 9.16. The third-order valence-electron chi connectivity index (χ3n) is 13.3. The monoisotopic (exact) mass is 997 g/mol. The van der Waals surface area contributed by atoms with Gasteiger partial charge in [-0.2, -0.15) is 0 Å². The first-order chi connectivity index (χ1) is 35.3. The molecule has 5 N–H and O–H groups in total. The van der Waals surface area contributed by atoms with E-state index in [1.165, 1.54) is 5.69 Å². The molecular weight excluding hydrogens is 929 g/mol. The van der Waals surface area contributed by atoms with E-state index in [1.807, 2.05) is 49.5 Å². The molecule has 0 spiro atoms. The van der Waals surface area contributed by atoms with Gasteiger partial charge < -0.3 is 49.8 Å². The molecule has 1 fully saturated rings. The number of unbranched alkanes of at least 4 members (excludes halogenated alkanes) is 2. The Morgan fingerprint density at radius 3 is 2.08 bits per heavy atom. The number of fused-ring (bicyclic) bond motifs is 2. The fourth-order valence-electron chi connectivity index (χ4n) is 9.16. The van der Waals surface area contributed by atoms with E-state index in [-0.39, 0.29) is 30.7 Å². The number of nitrogens with one attached hydrogen (secondary N) is 5. The van der Waals surface area contributed by atoms with Crippen LogP contribution in [0.25, 0.3) is 50.9 Å². The van der Waals surface area contributed by atoms with Crippen LogP contribution in [0.15, 0.2) is 89.6 Å². The first-order valence-electron chi connectivity index (χ1n) is 25.4. The average Bonchev–Trinajstić information content (AvgIpc) is 4.19. The summed E-state index contributed by atoms with van der Waals surface area (Å²) < 4.78 is 33.8. The third-order valence-corrected chi connectivity index (χ3v) is 13.3. The lowest BCUT2D eigenvalue weighted by Gasteiger charge is -2.34. The molecule has 8 rings (SSSR count). The molecule has 3 aromatic heterocycles. The number of carbonyl (C=O) groups excluding carboxylic acids is 3. The number of ether oxygens (including phenoxy) is 1. The number of imidazole rings is 2. The zero-order valence-electron chi connectivity index (χ0n) is 42.4. The van der Waals surface area contributed by atoms with E-state index in [9.17, 15) is 23.0 Å². The molecule has 16 nitrogen and oxygen atoms in total. The largest absolute Gasteiger partial charge is 0.677 e. The van der Waals surface area contributed by atoms with Crippen molar-refractivity contribution in [2.75, 3.05) is 84.5 Å². The van der Waals surface area contributed by atoms with Crippen LogP contribution in [-0.4, -0.2) is 145 Å². The minimum Gasteiger partial charge on any atom is -0.484 e. The number of rotatable bonds is 25. The number of aliphatic imine (C=N–C) groups is 1. The van der Waals surface area contributed by atoms with Crippen molar-refractivity contribution in [1.82, 2.24) is 50.2 Å². The summed E-state index contributed by atoms with van der Waals surface area (Å²) in [5, 5.41) is 8.85. The summed E-state index contributed by atoms with van der Waals surface area (Å²) in [6.07, 6.45) is 10.4. The van der Waals surface area contributed by atoms with Gasteiger partial charge in [0.15, 0.2) is 6.61 Å². The van der Waals surface area contributed by atoms with Gasteiger partial charge in [0.1, 0.15) is 17.4 Å². The molecule has 0 radical (unpaired) electrons. The number of likely N-dealkylation sites (N-methyl/N-ethyl adjacent to an activating group) is 1. The Labute approximate surface area is 425 Å². The Morgan fingerprint density at radius 1 is 0.740 bits per heavy atom. The number of halogens is 2. The van der Waals surface area contributed by atoms with Gasteiger partial charge in [0.05, 0.1) is 27.8 Å². The van der Waals surface area contributed by atoms with Crippen molar-refractivity contribution in [3.8, 4) is 28.5 Å². The van der Waals surface area contributed by atoms with Crippen molar-refractivity contribution in [2.45, 2.75) is 65.2 Å². The summed E-state index contributed by atoms with van der Waals surface area (Å²) in [7, 11) is 1.56. The topological polar surface area (TPSA) is 181 Å². The van der Waals surface area contributed by atoms with Gasteiger partial charge in [-0.15, -0.1) is 0 Å². The molecule has 3 aromatic carbocycles. The maximum Gasteiger partial charge on any atom is 0.677 e. The second-order valence-electron chi connectivity index (χ2n) is 19.1. The van der Waals surface area contributed by atoms with Crippen LogP contribution in [-0.2, 0) is 14.4 Å². The van der Waals surface area contributed by atoms with Gasteiger partial charge in [-0.3, -0.25) is 28.0 Å². The second-order valence-corrected chi connectivity index (χ2v) is 19.1. The SMILES string of the molecule is Cc1cc(C)n(B(F)F)c1C=C1C=CC(CCC(=O)NCCCCCC(=O)NCCCN(C)CCCNC(=O)COc2ccc(-c3nc4ccc(-c5nc6ccc(N7CCN(C)CC7)cc6[nH]5)cc4[nH]3)cc2)=N1. The molecular formula is C54H67BF2N12O4. The normalized spacial score (nSPS) is 14.4. The van der Waals surface area contributed by atoms with E-state index < -0.39 is 7.40 Å². The van der Waals surface area contributed by atoms with Crippen LogP contribution in [0.3, 0.4) is 0 Å². The fraction of sp³-hybridized carbons (Fsp3) is 0.407. The number of hydrogen-bond donors (Lipinski definition) is 5. The van der Waals surface area contributed by atoms with Crippen LogP contribution >= 0.6 is 0 Å². The lowest BCUT2D eigenvalue weighted by Crippen LogP contribution is -2.44. The highest BCUT2D eigenvalue weighted by Gasteiger charge is 2.24. The summed E-state index contributed by atoms with van der Waals surface area (Å²) in [5.41, 5.74) is 9.79. The van der Waals surface area contributed by atoms with Gasteiger partial charge in [0, 0.05) is 92.6 Å². The van der Waals surface area contributed by atoms with Gasteiger partial charge >= 0.3 is 7.40 Å². The molecule has 2 aliphatic rings. The van der Waals surface area contributed by atoms with E-state index in [1.54, 1.807) is 32.1 Å². The van der Waals surface area contributed by atoms with Gasteiger partial charge in [0.25, 0.3) is 5.91 Å². The maximum absolute atomic E-state index is 13.5. The first kappa shape index (κ1) is 52.2. The Balaban J connectivity index is 0.636. The molecule has 19 heteroatoms. The minimum absolute atomic E-state index is 0.0232. The molecule has 0 atom stereocenters. The maximum atomic E-state index is 13.5. The van der Waals surface area contributed by atoms with Crippen molar-refractivity contribution in [3.63, 3.8) is 0 Å². The number of aryl methyl sites for hydroxylation is 2. The molecule has 0 aliphatic carbocycles. The molecule has 0 unspecified atom stereocenters. The number of carbonyl (C=O) groups is 3. The molecule has 0 saturated carbocycles. The van der Waals surface area contributed by atoms with E-state index in [4.69, 9.17) is 14.7 Å². The van der Waals surface area contributed by atoms with Crippen LogP contribution in [0.4, 0.5) is 14.3 Å². The molecule has 3 amide bonds. The van der Waals surface area contributed by atoms with Gasteiger partial charge in [-0.1, -0.05) is 6.42 Å². The summed E-state index contributed by atoms with van der Waals surface area (Å²) in [6, 6.07) is 21.8. The minimum atomic E-state index is -2.63. The quantitative estimate of drug-likeness (QED) is 0.0286. The Hall–Kier alpha value is -7.12. The van der Waals surface area contributed by atoms with Gasteiger partial charge in [-0.25, -0.2) is 9.97 Å². The van der Waals surface area contributed by atoms with Crippen molar-refractivity contribution in [3.05, 3.63) is 102 Å². The molecule has 384 valence electrons. The predicted octanol–water partition coefficient (Wildman–Crippen LogP) is 7.55. The van der Waals surface area contributed by atoms with E-state index in [0.29, 0.717) is 55.3 Å². The average molecular weight is 997 g/mol. The molecule has 1 saturated heterocycles. The number of H-pyrrole nitrogens is 2. The number of amides is 3. The summed E-state index contributed by atoms with van der Waals surface area (Å²) in [6.45, 7) is 10.8. The smallest absolute Gasteiger partial charge is 0.484 e. The number of aromatic amines is 2. The standard InChI is InChI=1S/C54H67BF2N12O4/c1-37-32-38(2)69(55(56)57)49(37)34-42-15-14-41(61-42)16-22-51(71)58-23-7-5-6-10-50(70)59-24-8-26-66(3)27-9-25-60-52(72)36-73-44-18-11-39(12-19-44)53-62-45-20-13-40(33-47(45)64-53)54-63-46-21-17-43(35-48(46)65-54)68-30-28-67(4)29-31-68/h11-15,17-21,32-35H,5-10,16,22-31,36H2,1-4H3,(H,58,71)(H,59,70)(H,60,72)(H,62,64)(H,63,65). The molecule has 0 bridgehead atoms. The number of benzene rings is 3. The van der Waals surface area contributed by atoms with E-state index in [0.717, 1.165) is 132 Å². The zero-order chi connectivity index (χ0) is 51.3. The van der Waals surface area contributed by atoms with Crippen molar-refractivity contribution >= 4 is 64.7 Å². The van der Waals surface area contributed by atoms with Crippen LogP contribution < -0.4 is 25.6 Å². The first-order valence-corrected chi connectivity index (χ1v) is 25.4.